The number of rotatable bonds is 8. The Morgan fingerprint density at radius 2 is 1.89 bits per heavy atom. The number of nitrogens with one attached hydrogen (secondary N) is 2. The summed E-state index contributed by atoms with van der Waals surface area (Å²) in [6.45, 7) is 7.41. The van der Waals surface area contributed by atoms with E-state index in [0.717, 1.165) is 17.7 Å². The smallest absolute Gasteiger partial charge is 0.339 e. The zero-order chi connectivity index (χ0) is 20.7. The fraction of sp³-hybridized carbons (Fsp3) is 0.429. The Bertz CT molecular complexity index is 879. The predicted octanol–water partition coefficient (Wildman–Crippen LogP) is 2.29. The third-order valence-corrected chi connectivity index (χ3v) is 4.43. The van der Waals surface area contributed by atoms with Crippen LogP contribution >= 0.6 is 0 Å². The number of aromatic nitrogens is 1. The van der Waals surface area contributed by atoms with Crippen molar-refractivity contribution in [3.05, 3.63) is 41.1 Å². The van der Waals surface area contributed by atoms with E-state index in [1.54, 1.807) is 6.92 Å². The van der Waals surface area contributed by atoms with E-state index in [9.17, 15) is 14.4 Å². The van der Waals surface area contributed by atoms with Crippen LogP contribution in [0.3, 0.4) is 0 Å². The van der Waals surface area contributed by atoms with Crippen LogP contribution in [0, 0.1) is 6.92 Å². The highest BCUT2D eigenvalue weighted by Gasteiger charge is 2.21. The molecular weight excluding hydrogens is 358 g/mol. The van der Waals surface area contributed by atoms with E-state index >= 15 is 0 Å². The van der Waals surface area contributed by atoms with E-state index < -0.39 is 24.5 Å². The minimum atomic E-state index is -0.701. The summed E-state index contributed by atoms with van der Waals surface area (Å²) in [4.78, 5) is 41.2. The highest BCUT2D eigenvalue weighted by Crippen LogP contribution is 2.24. The Labute approximate surface area is 164 Å². The van der Waals surface area contributed by atoms with E-state index in [1.807, 2.05) is 45.0 Å². The van der Waals surface area contributed by atoms with Crippen LogP contribution in [-0.4, -0.2) is 42.0 Å². The monoisotopic (exact) mass is 385 g/mol. The van der Waals surface area contributed by atoms with Gasteiger partial charge in [0.25, 0.3) is 5.91 Å². The average Bonchev–Trinajstić information content (AvgIpc) is 2.69. The Kier molecular flexibility index (Phi) is 7.49. The molecule has 2 rings (SSSR count). The maximum atomic E-state index is 12.7. The van der Waals surface area contributed by atoms with E-state index in [4.69, 9.17) is 4.74 Å². The van der Waals surface area contributed by atoms with Crippen LogP contribution in [0.5, 0.6) is 0 Å². The lowest BCUT2D eigenvalue weighted by Gasteiger charge is -2.15. The van der Waals surface area contributed by atoms with Crippen molar-refractivity contribution in [1.82, 2.24) is 15.6 Å². The van der Waals surface area contributed by atoms with Gasteiger partial charge in [-0.25, -0.2) is 4.79 Å². The summed E-state index contributed by atoms with van der Waals surface area (Å²) in [6.07, 6.45) is 1.49. The van der Waals surface area contributed by atoms with Crippen molar-refractivity contribution in [2.75, 3.05) is 13.2 Å². The summed E-state index contributed by atoms with van der Waals surface area (Å²) in [5.74, 6) is -1.38. The van der Waals surface area contributed by atoms with Crippen molar-refractivity contribution in [2.45, 2.75) is 46.6 Å². The molecule has 0 unspecified atom stereocenters. The van der Waals surface area contributed by atoms with Crippen molar-refractivity contribution in [2.24, 2.45) is 0 Å². The van der Waals surface area contributed by atoms with Gasteiger partial charge in [0.1, 0.15) is 6.04 Å². The Balaban J connectivity index is 2.08. The molecule has 1 aromatic carbocycles. The number of amides is 2. The number of nitrogens with zero attached hydrogens (tertiary/aromatic N) is 1. The predicted molar refractivity (Wildman–Crippen MR) is 107 cm³/mol. The maximum Gasteiger partial charge on any atom is 0.339 e. The van der Waals surface area contributed by atoms with Crippen LogP contribution < -0.4 is 10.6 Å². The van der Waals surface area contributed by atoms with Crippen molar-refractivity contribution in [3.8, 4) is 0 Å². The van der Waals surface area contributed by atoms with Crippen LogP contribution in [0.4, 0.5) is 0 Å². The van der Waals surface area contributed by atoms with Crippen LogP contribution in [0.25, 0.3) is 10.9 Å². The molecule has 0 radical (unpaired) electrons. The first-order valence-electron chi connectivity index (χ1n) is 9.51. The molecule has 2 N–H and O–H groups in total. The lowest BCUT2D eigenvalue weighted by Crippen LogP contribution is -2.46. The molecule has 150 valence electrons. The number of aryl methyl sites for hydroxylation is 1. The number of pyridine rings is 1. The number of carbonyl (C=O) groups is 3. The molecule has 28 heavy (non-hydrogen) atoms. The Morgan fingerprint density at radius 1 is 1.18 bits per heavy atom. The minimum absolute atomic E-state index is 0.273. The van der Waals surface area contributed by atoms with Crippen LogP contribution in [0.1, 0.15) is 48.8 Å². The lowest BCUT2D eigenvalue weighted by molar-refractivity contribution is -0.130. The number of carbonyl (C=O) groups excluding carboxylic acids is 3. The highest BCUT2D eigenvalue weighted by molar-refractivity contribution is 6.05. The molecule has 7 heteroatoms. The summed E-state index contributed by atoms with van der Waals surface area (Å²) in [5, 5.41) is 5.92. The van der Waals surface area contributed by atoms with Crippen LogP contribution in [0.15, 0.2) is 24.3 Å². The van der Waals surface area contributed by atoms with Gasteiger partial charge in [0.2, 0.25) is 5.91 Å². The Morgan fingerprint density at radius 3 is 2.57 bits per heavy atom. The summed E-state index contributed by atoms with van der Waals surface area (Å²) in [5.41, 5.74) is 2.70. The van der Waals surface area contributed by atoms with Crippen LogP contribution in [0.2, 0.25) is 0 Å². The fourth-order valence-corrected chi connectivity index (χ4v) is 2.92. The standard InChI is InChI=1S/C21H27N3O4/c1-5-11-22-20(26)14(4)23-18(25)12-28-21(27)19-13(3)16(6-2)24-17-10-8-7-9-15(17)19/h7-10,14H,5-6,11-12H2,1-4H3,(H,22,26)(H,23,25)/t14-/m1/s1. The molecule has 0 bridgehead atoms. The van der Waals surface area contributed by atoms with Gasteiger partial charge in [-0.05, 0) is 38.3 Å². The van der Waals surface area contributed by atoms with Gasteiger partial charge in [0, 0.05) is 17.6 Å². The van der Waals surface area contributed by atoms with E-state index in [-0.39, 0.29) is 5.91 Å². The van der Waals surface area contributed by atoms with Crippen LogP contribution in [-0.2, 0) is 20.7 Å². The number of hydrogen-bond donors (Lipinski definition) is 2. The molecule has 1 aromatic heterocycles. The fourth-order valence-electron chi connectivity index (χ4n) is 2.92. The quantitative estimate of drug-likeness (QED) is 0.680. The second-order valence-electron chi connectivity index (χ2n) is 6.59. The molecular formula is C21H27N3O4. The topological polar surface area (TPSA) is 97.4 Å². The zero-order valence-electron chi connectivity index (χ0n) is 16.8. The van der Waals surface area contributed by atoms with Crippen molar-refractivity contribution in [3.63, 3.8) is 0 Å². The van der Waals surface area contributed by atoms with Crippen molar-refractivity contribution in [1.29, 1.82) is 0 Å². The first kappa shape index (κ1) is 21.3. The van der Waals surface area contributed by atoms with Gasteiger partial charge in [0.15, 0.2) is 6.61 Å². The third-order valence-electron chi connectivity index (χ3n) is 4.43. The van der Waals surface area contributed by atoms with Gasteiger partial charge < -0.3 is 15.4 Å². The molecule has 0 aliphatic rings. The van der Waals surface area contributed by atoms with E-state index in [0.29, 0.717) is 29.4 Å². The number of para-hydroxylation sites is 1. The van der Waals surface area contributed by atoms with Gasteiger partial charge in [-0.3, -0.25) is 14.6 Å². The molecule has 0 fully saturated rings. The molecule has 2 aromatic rings. The molecule has 0 saturated heterocycles. The largest absolute Gasteiger partial charge is 0.452 e. The maximum absolute atomic E-state index is 12.7. The summed E-state index contributed by atoms with van der Waals surface area (Å²) in [7, 11) is 0. The first-order valence-corrected chi connectivity index (χ1v) is 9.51. The summed E-state index contributed by atoms with van der Waals surface area (Å²) in [6, 6.07) is 6.64. The normalized spacial score (nSPS) is 11.7. The first-order chi connectivity index (χ1) is 13.4. The molecule has 0 aliphatic carbocycles. The number of esters is 1. The second-order valence-corrected chi connectivity index (χ2v) is 6.59. The number of benzene rings is 1. The second kappa shape index (κ2) is 9.82. The van der Waals surface area contributed by atoms with Gasteiger partial charge in [0.05, 0.1) is 11.1 Å². The highest BCUT2D eigenvalue weighted by atomic mass is 16.5. The van der Waals surface area contributed by atoms with E-state index in [1.165, 1.54) is 0 Å². The molecule has 0 aliphatic heterocycles. The van der Waals surface area contributed by atoms with Gasteiger partial charge in [-0.2, -0.15) is 0 Å². The summed E-state index contributed by atoms with van der Waals surface area (Å²) >= 11 is 0. The molecule has 0 saturated carbocycles. The SMILES string of the molecule is CCCNC(=O)[C@@H](C)NC(=O)COC(=O)c1c(C)c(CC)nc2ccccc12. The molecule has 1 heterocycles. The number of fused-ring (bicyclic) bond motifs is 1. The molecule has 2 amide bonds. The zero-order valence-corrected chi connectivity index (χ0v) is 16.8. The van der Waals surface area contributed by atoms with Crippen molar-refractivity contribution < 1.29 is 19.1 Å². The molecule has 7 nitrogen and oxygen atoms in total. The lowest BCUT2D eigenvalue weighted by atomic mass is 10.0. The van der Waals surface area contributed by atoms with Gasteiger partial charge in [-0.1, -0.05) is 32.0 Å². The van der Waals surface area contributed by atoms with Gasteiger partial charge in [-0.15, -0.1) is 0 Å². The van der Waals surface area contributed by atoms with Gasteiger partial charge >= 0.3 is 5.97 Å². The minimum Gasteiger partial charge on any atom is -0.452 e. The number of ether oxygens (including phenoxy) is 1. The third kappa shape index (κ3) is 5.06. The average molecular weight is 385 g/mol. The molecule has 0 spiro atoms. The number of hydrogen-bond acceptors (Lipinski definition) is 5. The molecule has 1 atom stereocenters. The van der Waals surface area contributed by atoms with Crippen molar-refractivity contribution >= 4 is 28.7 Å². The Hall–Kier alpha value is -2.96. The summed E-state index contributed by atoms with van der Waals surface area (Å²) < 4.78 is 5.23. The van der Waals surface area contributed by atoms with E-state index in [2.05, 4.69) is 15.6 Å².